The molecule has 0 rings (SSSR count). The van der Waals surface area contributed by atoms with Crippen LogP contribution < -0.4 is 0 Å². The van der Waals surface area contributed by atoms with Gasteiger partial charge in [-0.3, -0.25) is 0 Å². The Hall–Kier alpha value is 0.913. The summed E-state index contributed by atoms with van der Waals surface area (Å²) in [6.45, 7) is 4.59. The van der Waals surface area contributed by atoms with Crippen LogP contribution in [0.1, 0.15) is 26.7 Å². The largest absolute Gasteiger partial charge is 0.147 e. The van der Waals surface area contributed by atoms with Crippen molar-refractivity contribution in [3.8, 4) is 0 Å². The minimum Gasteiger partial charge on any atom is -0.147 e. The fraction of sp³-hybridized carbons (Fsp3) is 1.00. The van der Waals surface area contributed by atoms with Crippen molar-refractivity contribution < 1.29 is 18.3 Å². The van der Waals surface area contributed by atoms with E-state index in [4.69, 9.17) is 0 Å². The van der Waals surface area contributed by atoms with Crippen molar-refractivity contribution in [3.63, 3.8) is 0 Å². The number of hydrogen-bond acceptors (Lipinski definition) is 0. The van der Waals surface area contributed by atoms with Crippen molar-refractivity contribution in [1.82, 2.24) is 0 Å². The zero-order valence-electron chi connectivity index (χ0n) is 5.81. The molecule has 0 spiro atoms. The molecular formula is C6H14ClZn. The Morgan fingerprint density at radius 2 is 2.00 bits per heavy atom. The summed E-state index contributed by atoms with van der Waals surface area (Å²) in [6, 6.07) is 0. The molecule has 2 heteroatoms. The molecule has 0 nitrogen and oxygen atoms in total. The van der Waals surface area contributed by atoms with Crippen LogP contribution in [0.4, 0.5) is 0 Å². The summed E-state index contributed by atoms with van der Waals surface area (Å²) in [5, 5.41) is 1.47. The van der Waals surface area contributed by atoms with Crippen LogP contribution >= 0.6 is 12.4 Å². The number of halogens is 1. The van der Waals surface area contributed by atoms with Gasteiger partial charge in [0, 0.05) is 0 Å². The van der Waals surface area contributed by atoms with Crippen molar-refractivity contribution in [3.05, 3.63) is 0 Å². The van der Waals surface area contributed by atoms with Crippen LogP contribution in [0.2, 0.25) is 5.02 Å². The summed E-state index contributed by atoms with van der Waals surface area (Å²) in [5.41, 5.74) is 0. The van der Waals surface area contributed by atoms with Crippen LogP contribution in [0.5, 0.6) is 0 Å². The van der Waals surface area contributed by atoms with Gasteiger partial charge in [-0.05, 0) is 0 Å². The van der Waals surface area contributed by atoms with Gasteiger partial charge in [-0.1, -0.05) is 0 Å². The molecule has 0 aliphatic carbocycles. The first kappa shape index (κ1) is 11.7. The van der Waals surface area contributed by atoms with Gasteiger partial charge in [-0.15, -0.1) is 12.4 Å². The van der Waals surface area contributed by atoms with Gasteiger partial charge in [-0.2, -0.15) is 0 Å². The zero-order chi connectivity index (χ0) is 5.70. The van der Waals surface area contributed by atoms with Gasteiger partial charge >= 0.3 is 55.9 Å². The number of rotatable bonds is 3. The maximum Gasteiger partial charge on any atom is -0.147 e. The molecule has 0 aliphatic heterocycles. The molecule has 8 heavy (non-hydrogen) atoms. The quantitative estimate of drug-likeness (QED) is 0.596. The van der Waals surface area contributed by atoms with Crippen LogP contribution in [0.25, 0.3) is 0 Å². The molecule has 0 heterocycles. The molecule has 0 amide bonds. The molecule has 47 valence electrons. The van der Waals surface area contributed by atoms with Crippen LogP contribution in [0.3, 0.4) is 0 Å². The summed E-state index contributed by atoms with van der Waals surface area (Å²) in [4.78, 5) is 0. The van der Waals surface area contributed by atoms with Crippen molar-refractivity contribution >= 4 is 12.4 Å². The Labute approximate surface area is 68.5 Å². The molecule has 0 aromatic heterocycles. The Kier molecular flexibility index (Phi) is 11.6. The van der Waals surface area contributed by atoms with E-state index in [0.717, 1.165) is 5.92 Å². The average molecular weight is 187 g/mol. The first-order valence-corrected chi connectivity index (χ1v) is 5.20. The molecule has 0 aromatic rings. The normalized spacial score (nSPS) is 12.5. The molecule has 0 radical (unpaired) electrons. The van der Waals surface area contributed by atoms with Crippen LogP contribution in [0, 0.1) is 5.92 Å². The molecule has 0 aromatic carbocycles. The summed E-state index contributed by atoms with van der Waals surface area (Å²) in [7, 11) is 0. The van der Waals surface area contributed by atoms with Gasteiger partial charge in [0.25, 0.3) is 0 Å². The van der Waals surface area contributed by atoms with Gasteiger partial charge in [0.2, 0.25) is 0 Å². The molecular weight excluding hydrogens is 173 g/mol. The average Bonchev–Trinajstić information content (AvgIpc) is 1.68. The predicted molar refractivity (Wildman–Crippen MR) is 36.1 cm³/mol. The van der Waals surface area contributed by atoms with E-state index in [9.17, 15) is 0 Å². The van der Waals surface area contributed by atoms with E-state index >= 15 is 0 Å². The third-order valence-electron chi connectivity index (χ3n) is 1.39. The van der Waals surface area contributed by atoms with Crippen molar-refractivity contribution in [1.29, 1.82) is 0 Å². The standard InChI is InChI=1S/C6H13.ClH.Zn/c1-4-6(3)5-2;;/h6H,1,4-5H2,2-3H3;1H;. The summed E-state index contributed by atoms with van der Waals surface area (Å²) in [6.07, 6.45) is 2.82. The molecule has 1 atom stereocenters. The Morgan fingerprint density at radius 3 is 2.12 bits per heavy atom. The van der Waals surface area contributed by atoms with Gasteiger partial charge < -0.3 is 0 Å². The first-order valence-electron chi connectivity index (χ1n) is 3.10. The van der Waals surface area contributed by atoms with E-state index in [1.165, 1.54) is 36.2 Å². The molecule has 0 saturated carbocycles. The minimum atomic E-state index is 0. The molecule has 0 saturated heterocycles. The molecule has 0 aliphatic rings. The predicted octanol–water partition coefficient (Wildman–Crippen LogP) is 2.81. The van der Waals surface area contributed by atoms with Gasteiger partial charge in [-0.25, -0.2) is 0 Å². The molecule has 0 fully saturated rings. The summed E-state index contributed by atoms with van der Waals surface area (Å²) in [5.74, 6) is 0.980. The second-order valence-corrected chi connectivity index (χ2v) is 3.64. The van der Waals surface area contributed by atoms with E-state index in [2.05, 4.69) is 13.8 Å². The second-order valence-electron chi connectivity index (χ2n) is 2.16. The monoisotopic (exact) mass is 185 g/mol. The van der Waals surface area contributed by atoms with E-state index in [0.29, 0.717) is 0 Å². The van der Waals surface area contributed by atoms with Crippen molar-refractivity contribution in [2.75, 3.05) is 0 Å². The molecule has 0 bridgehead atoms. The third kappa shape index (κ3) is 6.91. The SMILES string of the molecule is CCC(C)C[CH2][Zn].Cl. The Balaban J connectivity index is 0. The first-order chi connectivity index (χ1) is 3.31. The summed E-state index contributed by atoms with van der Waals surface area (Å²) >= 11 is 1.48. The van der Waals surface area contributed by atoms with Crippen LogP contribution in [0.15, 0.2) is 0 Å². The zero-order valence-corrected chi connectivity index (χ0v) is 9.60. The van der Waals surface area contributed by atoms with E-state index < -0.39 is 0 Å². The van der Waals surface area contributed by atoms with E-state index in [-0.39, 0.29) is 12.4 Å². The fourth-order valence-electron chi connectivity index (χ4n) is 0.553. The third-order valence-corrected chi connectivity index (χ3v) is 2.25. The van der Waals surface area contributed by atoms with Crippen molar-refractivity contribution in [2.24, 2.45) is 5.92 Å². The molecule has 1 unspecified atom stereocenters. The maximum atomic E-state index is 2.33. The molecule has 0 N–H and O–H groups in total. The fourth-order valence-corrected chi connectivity index (χ4v) is 2.01. The van der Waals surface area contributed by atoms with Crippen LogP contribution in [-0.2, 0) is 18.3 Å². The van der Waals surface area contributed by atoms with Crippen LogP contribution in [-0.4, -0.2) is 0 Å². The van der Waals surface area contributed by atoms with Gasteiger partial charge in [0.05, 0.1) is 0 Å². The second kappa shape index (κ2) is 7.91. The minimum absolute atomic E-state index is 0. The maximum absolute atomic E-state index is 2.33. The topological polar surface area (TPSA) is 0 Å². The number of hydrogen-bond donors (Lipinski definition) is 0. The smallest absolute Gasteiger partial charge is 0.147 e. The Morgan fingerprint density at radius 1 is 1.50 bits per heavy atom. The van der Waals surface area contributed by atoms with Crippen molar-refractivity contribution in [2.45, 2.75) is 31.7 Å². The Bertz CT molecular complexity index is 39.5. The summed E-state index contributed by atoms with van der Waals surface area (Å²) < 4.78 is 0. The van der Waals surface area contributed by atoms with Gasteiger partial charge in [0.1, 0.15) is 0 Å². The van der Waals surface area contributed by atoms with Gasteiger partial charge in [0.15, 0.2) is 0 Å². The van der Waals surface area contributed by atoms with E-state index in [1.54, 1.807) is 0 Å². The van der Waals surface area contributed by atoms with E-state index in [1.807, 2.05) is 0 Å².